The summed E-state index contributed by atoms with van der Waals surface area (Å²) in [7, 11) is 0. The van der Waals surface area contributed by atoms with Crippen LogP contribution in [0.15, 0.2) is 0 Å². The van der Waals surface area contributed by atoms with E-state index in [-0.39, 0.29) is 0 Å². The fraction of sp³-hybridized carbons (Fsp3) is 1.00. The Hall–Kier alpha value is -0.0800. The first kappa shape index (κ1) is 12.4. The second-order valence-electron chi connectivity index (χ2n) is 6.60. The Morgan fingerprint density at radius 3 is 2.31 bits per heavy atom. The normalized spacial score (nSPS) is 32.8. The van der Waals surface area contributed by atoms with Crippen LogP contribution < -0.4 is 5.32 Å². The number of nitrogens with one attached hydrogen (secondary N) is 1. The molecule has 0 radical (unpaired) electrons. The second-order valence-corrected chi connectivity index (χ2v) is 6.60. The van der Waals surface area contributed by atoms with Crippen molar-refractivity contribution in [2.24, 2.45) is 5.41 Å². The molecule has 0 heterocycles. The number of hydrogen-bond donors (Lipinski definition) is 2. The van der Waals surface area contributed by atoms with E-state index in [2.05, 4.69) is 19.2 Å². The van der Waals surface area contributed by atoms with E-state index < -0.39 is 5.60 Å². The molecule has 0 aliphatic heterocycles. The minimum atomic E-state index is -0.395. The smallest absolute Gasteiger partial charge is 0.0771 e. The van der Waals surface area contributed by atoms with Crippen molar-refractivity contribution >= 4 is 0 Å². The molecular formula is C14H27NO. The molecule has 94 valence electrons. The van der Waals surface area contributed by atoms with Crippen LogP contribution in [0, 0.1) is 5.41 Å². The van der Waals surface area contributed by atoms with Crippen LogP contribution in [-0.2, 0) is 0 Å². The van der Waals surface area contributed by atoms with Gasteiger partial charge in [-0.1, -0.05) is 39.5 Å². The lowest BCUT2D eigenvalue weighted by Crippen LogP contribution is -2.49. The molecular weight excluding hydrogens is 198 g/mol. The molecule has 0 spiro atoms. The van der Waals surface area contributed by atoms with Crippen LogP contribution in [0.1, 0.15) is 65.2 Å². The molecule has 2 aliphatic rings. The van der Waals surface area contributed by atoms with Gasteiger partial charge in [0.25, 0.3) is 0 Å². The molecule has 2 nitrogen and oxygen atoms in total. The van der Waals surface area contributed by atoms with Crippen LogP contribution >= 0.6 is 0 Å². The van der Waals surface area contributed by atoms with Crippen molar-refractivity contribution in [1.82, 2.24) is 5.32 Å². The van der Waals surface area contributed by atoms with Crippen LogP contribution in [0.2, 0.25) is 0 Å². The van der Waals surface area contributed by atoms with Crippen molar-refractivity contribution in [2.75, 3.05) is 6.54 Å². The zero-order chi connectivity index (χ0) is 11.6. The van der Waals surface area contributed by atoms with E-state index >= 15 is 0 Å². The van der Waals surface area contributed by atoms with E-state index in [4.69, 9.17) is 0 Å². The molecule has 0 bridgehead atoms. The third-order valence-electron chi connectivity index (χ3n) is 4.72. The third kappa shape index (κ3) is 2.78. The van der Waals surface area contributed by atoms with E-state index in [0.29, 0.717) is 11.5 Å². The topological polar surface area (TPSA) is 32.3 Å². The summed E-state index contributed by atoms with van der Waals surface area (Å²) in [6.07, 6.45) is 9.71. The van der Waals surface area contributed by atoms with Crippen LogP contribution in [0.5, 0.6) is 0 Å². The molecule has 2 rings (SSSR count). The second kappa shape index (κ2) is 4.66. The predicted octanol–water partition coefficient (Wildman–Crippen LogP) is 2.85. The van der Waals surface area contributed by atoms with Crippen molar-refractivity contribution < 1.29 is 5.11 Å². The monoisotopic (exact) mass is 225 g/mol. The zero-order valence-corrected chi connectivity index (χ0v) is 10.9. The first-order chi connectivity index (χ1) is 7.52. The maximum absolute atomic E-state index is 10.3. The van der Waals surface area contributed by atoms with E-state index in [0.717, 1.165) is 19.4 Å². The molecule has 2 N–H and O–H groups in total. The minimum absolute atomic E-state index is 0.395. The van der Waals surface area contributed by atoms with E-state index in [1.165, 1.54) is 38.5 Å². The largest absolute Gasteiger partial charge is 0.389 e. The van der Waals surface area contributed by atoms with Gasteiger partial charge in [0.05, 0.1) is 5.60 Å². The Morgan fingerprint density at radius 1 is 1.06 bits per heavy atom. The average molecular weight is 225 g/mol. The van der Waals surface area contributed by atoms with Crippen molar-refractivity contribution in [3.63, 3.8) is 0 Å². The van der Waals surface area contributed by atoms with Gasteiger partial charge in [-0.05, 0) is 31.1 Å². The first-order valence-electron chi connectivity index (χ1n) is 6.98. The lowest BCUT2D eigenvalue weighted by molar-refractivity contribution is 0.0348. The highest BCUT2D eigenvalue weighted by Gasteiger charge is 2.36. The molecule has 0 aromatic heterocycles. The summed E-state index contributed by atoms with van der Waals surface area (Å²) in [5.74, 6) is 0. The summed E-state index contributed by atoms with van der Waals surface area (Å²) < 4.78 is 0. The molecule has 16 heavy (non-hydrogen) atoms. The molecule has 2 fully saturated rings. The van der Waals surface area contributed by atoms with Gasteiger partial charge in [-0.15, -0.1) is 0 Å². The van der Waals surface area contributed by atoms with Crippen LogP contribution in [-0.4, -0.2) is 23.3 Å². The molecule has 0 aromatic carbocycles. The van der Waals surface area contributed by atoms with E-state index in [9.17, 15) is 5.11 Å². The van der Waals surface area contributed by atoms with Crippen molar-refractivity contribution in [3.8, 4) is 0 Å². The molecule has 1 unspecified atom stereocenters. The summed E-state index contributed by atoms with van der Waals surface area (Å²) in [5.41, 5.74) is 0.0146. The summed E-state index contributed by atoms with van der Waals surface area (Å²) in [6.45, 7) is 5.53. The van der Waals surface area contributed by atoms with Crippen molar-refractivity contribution in [3.05, 3.63) is 0 Å². The number of hydrogen-bond acceptors (Lipinski definition) is 2. The maximum Gasteiger partial charge on any atom is 0.0771 e. The Bertz CT molecular complexity index is 231. The predicted molar refractivity (Wildman–Crippen MR) is 67.5 cm³/mol. The Kier molecular flexibility index (Phi) is 3.60. The Labute approximate surface area is 99.8 Å². The van der Waals surface area contributed by atoms with Crippen molar-refractivity contribution in [2.45, 2.75) is 76.9 Å². The Balaban J connectivity index is 1.84. The van der Waals surface area contributed by atoms with Crippen LogP contribution in [0.4, 0.5) is 0 Å². The fourth-order valence-corrected chi connectivity index (χ4v) is 3.40. The van der Waals surface area contributed by atoms with Gasteiger partial charge < -0.3 is 10.4 Å². The van der Waals surface area contributed by atoms with Gasteiger partial charge in [0.2, 0.25) is 0 Å². The van der Waals surface area contributed by atoms with Crippen molar-refractivity contribution in [1.29, 1.82) is 0 Å². The maximum atomic E-state index is 10.3. The van der Waals surface area contributed by atoms with E-state index in [1.54, 1.807) is 0 Å². The number of rotatable bonds is 3. The summed E-state index contributed by atoms with van der Waals surface area (Å²) in [6, 6.07) is 0.603. The van der Waals surface area contributed by atoms with Gasteiger partial charge in [0.15, 0.2) is 0 Å². The molecule has 0 saturated heterocycles. The SMILES string of the molecule is CC1(C)CCCCC1NCC1(O)CCCC1. The molecule has 1 atom stereocenters. The molecule has 0 aromatic rings. The molecule has 2 heteroatoms. The standard InChI is InChI=1S/C14H27NO/c1-13(2)8-4-3-7-12(13)15-11-14(16)9-5-6-10-14/h12,15-16H,3-11H2,1-2H3. The van der Waals surface area contributed by atoms with E-state index in [1.807, 2.05) is 0 Å². The summed E-state index contributed by atoms with van der Waals surface area (Å²) in [5, 5.41) is 14.0. The fourth-order valence-electron chi connectivity index (χ4n) is 3.40. The minimum Gasteiger partial charge on any atom is -0.389 e. The molecule has 2 aliphatic carbocycles. The quantitative estimate of drug-likeness (QED) is 0.774. The highest BCUT2D eigenvalue weighted by molar-refractivity contribution is 4.92. The summed E-state index contributed by atoms with van der Waals surface area (Å²) >= 11 is 0. The highest BCUT2D eigenvalue weighted by atomic mass is 16.3. The van der Waals surface area contributed by atoms with Gasteiger partial charge in [0.1, 0.15) is 0 Å². The zero-order valence-electron chi connectivity index (χ0n) is 10.9. The van der Waals surface area contributed by atoms with Gasteiger partial charge in [0, 0.05) is 12.6 Å². The lowest BCUT2D eigenvalue weighted by Gasteiger charge is -2.40. The highest BCUT2D eigenvalue weighted by Crippen LogP contribution is 2.36. The van der Waals surface area contributed by atoms with Crippen LogP contribution in [0.3, 0.4) is 0 Å². The van der Waals surface area contributed by atoms with Gasteiger partial charge in [-0.25, -0.2) is 0 Å². The Morgan fingerprint density at radius 2 is 1.69 bits per heavy atom. The third-order valence-corrected chi connectivity index (χ3v) is 4.72. The lowest BCUT2D eigenvalue weighted by atomic mass is 9.73. The van der Waals surface area contributed by atoms with Gasteiger partial charge in [-0.3, -0.25) is 0 Å². The molecule has 0 amide bonds. The number of aliphatic hydroxyl groups is 1. The van der Waals surface area contributed by atoms with Gasteiger partial charge >= 0.3 is 0 Å². The molecule has 2 saturated carbocycles. The summed E-state index contributed by atoms with van der Waals surface area (Å²) in [4.78, 5) is 0. The average Bonchev–Trinajstić information content (AvgIpc) is 2.64. The first-order valence-corrected chi connectivity index (χ1v) is 6.98. The van der Waals surface area contributed by atoms with Crippen LogP contribution in [0.25, 0.3) is 0 Å². The van der Waals surface area contributed by atoms with Gasteiger partial charge in [-0.2, -0.15) is 0 Å².